The lowest BCUT2D eigenvalue weighted by Gasteiger charge is -2.11. The Hall–Kier alpha value is -2.63. The van der Waals surface area contributed by atoms with Crippen molar-refractivity contribution in [3.63, 3.8) is 0 Å². The van der Waals surface area contributed by atoms with Gasteiger partial charge < -0.3 is 4.98 Å². The van der Waals surface area contributed by atoms with E-state index >= 15 is 0 Å². The van der Waals surface area contributed by atoms with E-state index in [0.29, 0.717) is 16.5 Å². The minimum atomic E-state index is -3.56. The first kappa shape index (κ1) is 25.0. The molecule has 10 heteroatoms. The highest BCUT2D eigenvalue weighted by molar-refractivity contribution is 7.99. The highest BCUT2D eigenvalue weighted by Crippen LogP contribution is 2.31. The summed E-state index contributed by atoms with van der Waals surface area (Å²) >= 11 is 4.57. The van der Waals surface area contributed by atoms with E-state index in [2.05, 4.69) is 44.8 Å². The van der Waals surface area contributed by atoms with Crippen molar-refractivity contribution < 1.29 is 8.42 Å². The summed E-state index contributed by atoms with van der Waals surface area (Å²) in [5, 5.41) is 0.905. The van der Waals surface area contributed by atoms with Crippen molar-refractivity contribution in [2.75, 3.05) is 12.3 Å². The number of hydrogen-bond acceptors (Lipinski definition) is 7. The summed E-state index contributed by atoms with van der Waals surface area (Å²) in [6.45, 7) is 2.47. The van der Waals surface area contributed by atoms with Crippen LogP contribution >= 0.6 is 34.9 Å². The maximum atomic E-state index is 12.8. The molecule has 0 aliphatic heterocycles. The minimum Gasteiger partial charge on any atom is -0.333 e. The molecule has 3 heterocycles. The molecule has 0 spiro atoms. The topological polar surface area (TPSA) is 87.7 Å². The standard InChI is InChI=1S/C26H24N4O2S4/c1-18-19(17-34-26-29-20-8-2-3-9-21(20)30-26)7-6-11-23(18)33-16-15-28-36(31,32)25-13-12-24(35-25)22-10-4-5-14-27-22/h2-14,28H,15-17H2,1H3,(H,29,30). The number of nitrogens with one attached hydrogen (secondary N) is 2. The van der Waals surface area contributed by atoms with Crippen LogP contribution in [0.1, 0.15) is 11.1 Å². The normalized spacial score (nSPS) is 11.8. The van der Waals surface area contributed by atoms with E-state index in [4.69, 9.17) is 0 Å². The lowest BCUT2D eigenvalue weighted by molar-refractivity contribution is 0.586. The molecule has 6 nitrogen and oxygen atoms in total. The van der Waals surface area contributed by atoms with Crippen molar-refractivity contribution in [2.24, 2.45) is 0 Å². The van der Waals surface area contributed by atoms with Gasteiger partial charge in [-0.05, 0) is 60.5 Å². The summed E-state index contributed by atoms with van der Waals surface area (Å²) in [7, 11) is -3.56. The maximum Gasteiger partial charge on any atom is 0.250 e. The number of aromatic nitrogens is 3. The van der Waals surface area contributed by atoms with Gasteiger partial charge in [-0.15, -0.1) is 23.1 Å². The number of imidazole rings is 1. The molecule has 0 radical (unpaired) electrons. The molecule has 0 saturated carbocycles. The third kappa shape index (κ3) is 5.84. The Morgan fingerprint density at radius 3 is 2.67 bits per heavy atom. The minimum absolute atomic E-state index is 0.300. The second kappa shape index (κ2) is 11.2. The average Bonchev–Trinajstić information content (AvgIpc) is 3.55. The van der Waals surface area contributed by atoms with Gasteiger partial charge in [-0.25, -0.2) is 18.1 Å². The average molecular weight is 553 g/mol. The van der Waals surface area contributed by atoms with Gasteiger partial charge in [0.1, 0.15) is 4.21 Å². The van der Waals surface area contributed by atoms with Gasteiger partial charge in [0.15, 0.2) is 5.16 Å². The Morgan fingerprint density at radius 2 is 1.83 bits per heavy atom. The maximum absolute atomic E-state index is 12.8. The van der Waals surface area contributed by atoms with Crippen LogP contribution in [0.15, 0.2) is 93.3 Å². The zero-order chi connectivity index (χ0) is 25.0. The molecular weight excluding hydrogens is 529 g/mol. The lowest BCUT2D eigenvalue weighted by atomic mass is 10.1. The van der Waals surface area contributed by atoms with Crippen LogP contribution in [0.4, 0.5) is 0 Å². The Kier molecular flexibility index (Phi) is 7.78. The molecule has 36 heavy (non-hydrogen) atoms. The zero-order valence-electron chi connectivity index (χ0n) is 19.5. The first-order chi connectivity index (χ1) is 17.5. The smallest absolute Gasteiger partial charge is 0.250 e. The molecule has 2 N–H and O–H groups in total. The largest absolute Gasteiger partial charge is 0.333 e. The highest BCUT2D eigenvalue weighted by Gasteiger charge is 2.17. The lowest BCUT2D eigenvalue weighted by Crippen LogP contribution is -2.25. The molecule has 0 aliphatic carbocycles. The molecule has 2 aromatic carbocycles. The van der Waals surface area contributed by atoms with Crippen LogP contribution in [-0.2, 0) is 15.8 Å². The van der Waals surface area contributed by atoms with Crippen LogP contribution in [0.25, 0.3) is 21.6 Å². The number of fused-ring (bicyclic) bond motifs is 1. The molecule has 184 valence electrons. The molecule has 3 aromatic heterocycles. The molecule has 0 bridgehead atoms. The number of sulfonamides is 1. The van der Waals surface area contributed by atoms with Crippen LogP contribution in [-0.4, -0.2) is 35.7 Å². The highest BCUT2D eigenvalue weighted by atomic mass is 32.2. The van der Waals surface area contributed by atoms with E-state index in [-0.39, 0.29) is 0 Å². The summed E-state index contributed by atoms with van der Waals surface area (Å²) in [5.74, 6) is 1.45. The molecule has 0 atom stereocenters. The molecule has 0 amide bonds. The number of hydrogen-bond donors (Lipinski definition) is 2. The third-order valence-electron chi connectivity index (χ3n) is 5.54. The van der Waals surface area contributed by atoms with E-state index in [0.717, 1.165) is 37.4 Å². The van der Waals surface area contributed by atoms with E-state index in [9.17, 15) is 8.42 Å². The molecular formula is C26H24N4O2S4. The van der Waals surface area contributed by atoms with E-state index in [1.165, 1.54) is 22.5 Å². The van der Waals surface area contributed by atoms with Crippen LogP contribution in [0.2, 0.25) is 0 Å². The second-order valence-electron chi connectivity index (χ2n) is 7.97. The third-order valence-corrected chi connectivity index (χ3v) is 10.7. The number of pyridine rings is 1. The second-order valence-corrected chi connectivity index (χ2v) is 13.1. The van der Waals surface area contributed by atoms with Gasteiger partial charge in [-0.3, -0.25) is 4.98 Å². The number of thiophene rings is 1. The SMILES string of the molecule is Cc1c(CSc2nc3ccccc3[nH]2)cccc1SCCNS(=O)(=O)c1ccc(-c2ccccn2)s1. The summed E-state index contributed by atoms with van der Waals surface area (Å²) in [6.07, 6.45) is 1.70. The van der Waals surface area contributed by atoms with Crippen LogP contribution in [0, 0.1) is 6.92 Å². The van der Waals surface area contributed by atoms with Crippen LogP contribution in [0.5, 0.6) is 0 Å². The van der Waals surface area contributed by atoms with Crippen LogP contribution in [0.3, 0.4) is 0 Å². The van der Waals surface area contributed by atoms with Crippen LogP contribution < -0.4 is 4.72 Å². The summed E-state index contributed by atoms with van der Waals surface area (Å²) in [5.41, 5.74) is 5.24. The summed E-state index contributed by atoms with van der Waals surface area (Å²) < 4.78 is 28.5. The van der Waals surface area contributed by atoms with Gasteiger partial charge in [-0.1, -0.05) is 42.1 Å². The van der Waals surface area contributed by atoms with Gasteiger partial charge in [0.2, 0.25) is 10.0 Å². The summed E-state index contributed by atoms with van der Waals surface area (Å²) in [4.78, 5) is 14.3. The van der Waals surface area contributed by atoms with E-state index in [1.54, 1.807) is 41.9 Å². The fraction of sp³-hybridized carbons (Fsp3) is 0.154. The molecule has 0 saturated heterocycles. The Morgan fingerprint density at radius 1 is 0.972 bits per heavy atom. The van der Waals surface area contributed by atoms with Gasteiger partial charge in [0.05, 0.1) is 21.6 Å². The van der Waals surface area contributed by atoms with E-state index in [1.807, 2.05) is 42.5 Å². The van der Waals surface area contributed by atoms with Crippen molar-refractivity contribution in [3.8, 4) is 10.6 Å². The first-order valence-corrected chi connectivity index (χ1v) is 15.6. The van der Waals surface area contributed by atoms with Crippen molar-refractivity contribution >= 4 is 55.9 Å². The van der Waals surface area contributed by atoms with Crippen molar-refractivity contribution in [3.05, 3.63) is 90.1 Å². The zero-order valence-corrected chi connectivity index (χ0v) is 22.7. The number of aromatic amines is 1. The first-order valence-electron chi connectivity index (χ1n) is 11.3. The fourth-order valence-corrected chi connectivity index (χ4v) is 8.02. The Bertz CT molecular complexity index is 1550. The number of nitrogens with zero attached hydrogens (tertiary/aromatic N) is 2. The number of H-pyrrole nitrogens is 1. The van der Waals surface area contributed by atoms with Gasteiger partial charge in [0.25, 0.3) is 0 Å². The summed E-state index contributed by atoms with van der Waals surface area (Å²) in [6, 6.07) is 23.3. The predicted octanol–water partition coefficient (Wildman–Crippen LogP) is 6.36. The molecule has 0 unspecified atom stereocenters. The van der Waals surface area contributed by atoms with E-state index < -0.39 is 10.0 Å². The van der Waals surface area contributed by atoms with Crippen molar-refractivity contribution in [1.82, 2.24) is 19.7 Å². The monoisotopic (exact) mass is 552 g/mol. The quantitative estimate of drug-likeness (QED) is 0.155. The van der Waals surface area contributed by atoms with Gasteiger partial charge >= 0.3 is 0 Å². The van der Waals surface area contributed by atoms with Gasteiger partial charge in [-0.2, -0.15) is 0 Å². The predicted molar refractivity (Wildman–Crippen MR) is 150 cm³/mol. The van der Waals surface area contributed by atoms with Crippen molar-refractivity contribution in [2.45, 2.75) is 26.9 Å². The Labute approximate surface area is 223 Å². The van der Waals surface area contributed by atoms with Gasteiger partial charge in [0, 0.05) is 29.1 Å². The molecule has 5 aromatic rings. The molecule has 0 aliphatic rings. The number of rotatable bonds is 10. The molecule has 0 fully saturated rings. The fourth-order valence-electron chi connectivity index (χ4n) is 3.64. The Balaban J connectivity index is 1.15. The number of para-hydroxylation sites is 2. The molecule has 5 rings (SSSR count). The number of thioether (sulfide) groups is 2. The number of benzene rings is 2. The van der Waals surface area contributed by atoms with Crippen molar-refractivity contribution in [1.29, 1.82) is 0 Å².